The summed E-state index contributed by atoms with van der Waals surface area (Å²) >= 11 is 0. The van der Waals surface area contributed by atoms with Crippen LogP contribution in [0.4, 0.5) is 5.82 Å². The Kier molecular flexibility index (Phi) is 6.26. The summed E-state index contributed by atoms with van der Waals surface area (Å²) in [6, 6.07) is 22.9. The molecule has 0 atom stereocenters. The van der Waals surface area contributed by atoms with Gasteiger partial charge in [0.1, 0.15) is 5.82 Å². The van der Waals surface area contributed by atoms with E-state index >= 15 is 0 Å². The first-order chi connectivity index (χ1) is 13.7. The second-order valence-corrected chi connectivity index (χ2v) is 6.14. The number of allylic oxidation sites excluding steroid dienone is 2. The van der Waals surface area contributed by atoms with Gasteiger partial charge in [0.05, 0.1) is 0 Å². The van der Waals surface area contributed by atoms with Gasteiger partial charge in [-0.2, -0.15) is 0 Å². The first-order valence-electron chi connectivity index (χ1n) is 8.90. The molecule has 0 saturated carbocycles. The van der Waals surface area contributed by atoms with E-state index in [1.165, 1.54) is 0 Å². The number of aromatic nitrogens is 1. The van der Waals surface area contributed by atoms with E-state index in [1.54, 1.807) is 31.3 Å². The van der Waals surface area contributed by atoms with E-state index in [4.69, 9.17) is 0 Å². The number of carbonyl (C=O) groups is 2. The first kappa shape index (κ1) is 19.0. The van der Waals surface area contributed by atoms with Crippen LogP contribution in [0.25, 0.3) is 11.6 Å². The summed E-state index contributed by atoms with van der Waals surface area (Å²) < 4.78 is 0. The van der Waals surface area contributed by atoms with Gasteiger partial charge in [-0.25, -0.2) is 4.98 Å². The molecule has 1 N–H and O–H groups in total. The maximum Gasteiger partial charge on any atom is 0.212 e. The number of pyridine rings is 1. The molecule has 3 aromatic rings. The average molecular weight is 368 g/mol. The van der Waals surface area contributed by atoms with Crippen molar-refractivity contribution in [2.75, 3.05) is 5.32 Å². The largest absolute Gasteiger partial charge is 0.313 e. The maximum atomic E-state index is 12.9. The van der Waals surface area contributed by atoms with Gasteiger partial charge < -0.3 is 5.32 Å². The zero-order valence-corrected chi connectivity index (χ0v) is 15.5. The molecule has 4 nitrogen and oxygen atoms in total. The predicted molar refractivity (Wildman–Crippen MR) is 113 cm³/mol. The minimum Gasteiger partial charge on any atom is -0.313 e. The minimum absolute atomic E-state index is 0.108. The number of hydrogen-bond acceptors (Lipinski definition) is 3. The standard InChI is InChI=1S/C24H20N2O2/c1-18(22(28)15-14-19-9-4-2-5-10-19)23(20-11-6-3-7-12-20)21-13-8-16-25-24(21)26-17-27/h2-17H,1H3,(H,25,26,27)/b15-14+,23-18+. The van der Waals surface area contributed by atoms with Crippen LogP contribution in [0.2, 0.25) is 0 Å². The van der Waals surface area contributed by atoms with Crippen LogP contribution in [-0.2, 0) is 9.59 Å². The molecule has 1 amide bonds. The SMILES string of the molecule is C/C(C(=O)/C=C/c1ccccc1)=C(/c1ccccc1)c1cccnc1NC=O. The third-order valence-electron chi connectivity index (χ3n) is 4.31. The number of rotatable bonds is 7. The van der Waals surface area contributed by atoms with Gasteiger partial charge in [-0.15, -0.1) is 0 Å². The predicted octanol–water partition coefficient (Wildman–Crippen LogP) is 4.75. The van der Waals surface area contributed by atoms with Gasteiger partial charge in [0.15, 0.2) is 5.78 Å². The first-order valence-corrected chi connectivity index (χ1v) is 8.90. The Balaban J connectivity index is 2.09. The fourth-order valence-corrected chi connectivity index (χ4v) is 2.94. The molecule has 0 spiro atoms. The third kappa shape index (κ3) is 4.48. The van der Waals surface area contributed by atoms with Crippen molar-refractivity contribution in [3.05, 3.63) is 107 Å². The number of hydrogen-bond donors (Lipinski definition) is 1. The summed E-state index contributed by atoms with van der Waals surface area (Å²) in [5.41, 5.74) is 3.83. The highest BCUT2D eigenvalue weighted by Crippen LogP contribution is 2.31. The van der Waals surface area contributed by atoms with E-state index in [-0.39, 0.29) is 5.78 Å². The summed E-state index contributed by atoms with van der Waals surface area (Å²) in [4.78, 5) is 28.2. The molecule has 0 saturated heterocycles. The van der Waals surface area contributed by atoms with Crippen molar-refractivity contribution >= 4 is 29.7 Å². The van der Waals surface area contributed by atoms with Crippen LogP contribution in [0, 0.1) is 0 Å². The average Bonchev–Trinajstić information content (AvgIpc) is 2.75. The van der Waals surface area contributed by atoms with Gasteiger partial charge in [0, 0.05) is 17.3 Å². The number of nitrogens with one attached hydrogen (secondary N) is 1. The molecule has 138 valence electrons. The van der Waals surface area contributed by atoms with Gasteiger partial charge in [-0.05, 0) is 41.8 Å². The highest BCUT2D eigenvalue weighted by atomic mass is 16.1. The molecule has 2 aromatic carbocycles. The molecular formula is C24H20N2O2. The number of nitrogens with zero attached hydrogens (tertiary/aromatic N) is 1. The highest BCUT2D eigenvalue weighted by molar-refractivity contribution is 6.13. The van der Waals surface area contributed by atoms with Crippen LogP contribution in [-0.4, -0.2) is 17.2 Å². The Labute approximate surface area is 164 Å². The zero-order chi connectivity index (χ0) is 19.8. The Morgan fingerprint density at radius 2 is 1.61 bits per heavy atom. The van der Waals surface area contributed by atoms with E-state index in [9.17, 15) is 9.59 Å². The molecule has 0 unspecified atom stereocenters. The number of carbonyl (C=O) groups excluding carboxylic acids is 2. The molecule has 1 heterocycles. The zero-order valence-electron chi connectivity index (χ0n) is 15.5. The quantitative estimate of drug-likeness (QED) is 0.483. The normalized spacial score (nSPS) is 11.8. The van der Waals surface area contributed by atoms with Gasteiger partial charge in [0.2, 0.25) is 6.41 Å². The lowest BCUT2D eigenvalue weighted by atomic mass is 9.92. The van der Waals surface area contributed by atoms with E-state index in [0.717, 1.165) is 16.7 Å². The van der Waals surface area contributed by atoms with Crippen LogP contribution in [0.5, 0.6) is 0 Å². The highest BCUT2D eigenvalue weighted by Gasteiger charge is 2.16. The van der Waals surface area contributed by atoms with Gasteiger partial charge in [-0.3, -0.25) is 9.59 Å². The third-order valence-corrected chi connectivity index (χ3v) is 4.31. The molecular weight excluding hydrogens is 348 g/mol. The molecule has 0 fully saturated rings. The van der Waals surface area contributed by atoms with Crippen molar-refractivity contribution in [1.29, 1.82) is 0 Å². The Morgan fingerprint density at radius 1 is 0.929 bits per heavy atom. The second kappa shape index (κ2) is 9.24. The van der Waals surface area contributed by atoms with Crippen molar-refractivity contribution in [2.24, 2.45) is 0 Å². The summed E-state index contributed by atoms with van der Waals surface area (Å²) in [6.45, 7) is 1.79. The molecule has 0 aliphatic carbocycles. The monoisotopic (exact) mass is 368 g/mol. The summed E-state index contributed by atoms with van der Waals surface area (Å²) in [6.07, 6.45) is 5.55. The van der Waals surface area contributed by atoms with Crippen LogP contribution in [0.15, 0.2) is 90.6 Å². The Hall–Kier alpha value is -3.79. The summed E-state index contributed by atoms with van der Waals surface area (Å²) in [5, 5.41) is 2.62. The molecule has 4 heteroatoms. The van der Waals surface area contributed by atoms with E-state index in [1.807, 2.05) is 66.7 Å². The lowest BCUT2D eigenvalue weighted by Crippen LogP contribution is -2.06. The summed E-state index contributed by atoms with van der Waals surface area (Å²) in [5.74, 6) is 0.305. The fourth-order valence-electron chi connectivity index (χ4n) is 2.94. The number of benzene rings is 2. The smallest absolute Gasteiger partial charge is 0.212 e. The van der Waals surface area contributed by atoms with Crippen LogP contribution in [0.3, 0.4) is 0 Å². The van der Waals surface area contributed by atoms with Crippen molar-refractivity contribution in [2.45, 2.75) is 6.92 Å². The van der Waals surface area contributed by atoms with Crippen LogP contribution >= 0.6 is 0 Å². The molecule has 28 heavy (non-hydrogen) atoms. The van der Waals surface area contributed by atoms with E-state index in [0.29, 0.717) is 23.4 Å². The van der Waals surface area contributed by atoms with Crippen molar-refractivity contribution in [3.63, 3.8) is 0 Å². The molecule has 3 rings (SSSR count). The van der Waals surface area contributed by atoms with Crippen molar-refractivity contribution in [3.8, 4) is 0 Å². The fraction of sp³-hybridized carbons (Fsp3) is 0.0417. The second-order valence-electron chi connectivity index (χ2n) is 6.14. The van der Waals surface area contributed by atoms with Gasteiger partial charge in [0.25, 0.3) is 0 Å². The maximum absolute atomic E-state index is 12.9. The molecule has 1 aromatic heterocycles. The van der Waals surface area contributed by atoms with E-state index in [2.05, 4.69) is 10.3 Å². The van der Waals surface area contributed by atoms with Crippen LogP contribution in [0.1, 0.15) is 23.6 Å². The number of ketones is 1. The van der Waals surface area contributed by atoms with Gasteiger partial charge >= 0.3 is 0 Å². The minimum atomic E-state index is -0.108. The van der Waals surface area contributed by atoms with Crippen molar-refractivity contribution in [1.82, 2.24) is 4.98 Å². The Morgan fingerprint density at radius 3 is 2.29 bits per heavy atom. The molecule has 0 radical (unpaired) electrons. The number of amides is 1. The van der Waals surface area contributed by atoms with Gasteiger partial charge in [-0.1, -0.05) is 66.7 Å². The summed E-state index contributed by atoms with van der Waals surface area (Å²) in [7, 11) is 0. The topological polar surface area (TPSA) is 59.1 Å². The number of anilines is 1. The van der Waals surface area contributed by atoms with Crippen molar-refractivity contribution < 1.29 is 9.59 Å². The molecule has 0 aliphatic rings. The molecule has 0 bridgehead atoms. The van der Waals surface area contributed by atoms with Crippen LogP contribution < -0.4 is 5.32 Å². The lowest BCUT2D eigenvalue weighted by molar-refractivity contribution is -0.111. The molecule has 0 aliphatic heterocycles. The Bertz CT molecular complexity index is 1020. The lowest BCUT2D eigenvalue weighted by Gasteiger charge is -2.14. The van der Waals surface area contributed by atoms with E-state index < -0.39 is 0 Å².